The van der Waals surface area contributed by atoms with Crippen molar-refractivity contribution in [3.8, 4) is 0 Å². The number of fused-ring (bicyclic) bond motifs is 1. The van der Waals surface area contributed by atoms with Gasteiger partial charge in [-0.25, -0.2) is 0 Å². The lowest BCUT2D eigenvalue weighted by molar-refractivity contribution is -0.383. The molecule has 2 aromatic rings. The average molecular weight is 248 g/mol. The predicted molar refractivity (Wildman–Crippen MR) is 65.5 cm³/mol. The van der Waals surface area contributed by atoms with Crippen molar-refractivity contribution < 1.29 is 9.34 Å². The van der Waals surface area contributed by atoms with Crippen LogP contribution in [0.3, 0.4) is 0 Å². The highest BCUT2D eigenvalue weighted by Crippen LogP contribution is 2.30. The van der Waals surface area contributed by atoms with Crippen LogP contribution < -0.4 is 10.6 Å². The van der Waals surface area contributed by atoms with Gasteiger partial charge < -0.3 is 15.1 Å². The van der Waals surface area contributed by atoms with Crippen molar-refractivity contribution >= 4 is 22.8 Å². The van der Waals surface area contributed by atoms with Crippen molar-refractivity contribution in [2.75, 3.05) is 18.0 Å². The quantitative estimate of drug-likeness (QED) is 0.634. The zero-order valence-electron chi connectivity index (χ0n) is 9.57. The zero-order valence-corrected chi connectivity index (χ0v) is 9.57. The van der Waals surface area contributed by atoms with Crippen LogP contribution in [0.25, 0.3) is 11.1 Å². The molecule has 1 aliphatic heterocycles. The van der Waals surface area contributed by atoms with Gasteiger partial charge in [-0.15, -0.1) is 0 Å². The topological polar surface area (TPSA) is 98.4 Å². The molecule has 1 aromatic heterocycles. The third kappa shape index (κ3) is 1.68. The van der Waals surface area contributed by atoms with Crippen LogP contribution in [-0.2, 0) is 0 Å². The molecule has 1 aromatic carbocycles. The Bertz CT molecular complexity index is 609. The van der Waals surface area contributed by atoms with Crippen LogP contribution in [0.1, 0.15) is 6.42 Å². The van der Waals surface area contributed by atoms with E-state index in [1.165, 1.54) is 6.07 Å². The number of hydrogen-bond donors (Lipinski definition) is 1. The van der Waals surface area contributed by atoms with E-state index in [9.17, 15) is 10.1 Å². The van der Waals surface area contributed by atoms with Gasteiger partial charge in [0.1, 0.15) is 0 Å². The van der Waals surface area contributed by atoms with Crippen molar-refractivity contribution in [3.63, 3.8) is 0 Å². The van der Waals surface area contributed by atoms with Crippen LogP contribution in [0.5, 0.6) is 0 Å². The Morgan fingerprint density at radius 2 is 2.39 bits per heavy atom. The Morgan fingerprint density at radius 3 is 3.06 bits per heavy atom. The first-order chi connectivity index (χ1) is 8.65. The summed E-state index contributed by atoms with van der Waals surface area (Å²) in [5, 5.41) is 10.9. The van der Waals surface area contributed by atoms with Gasteiger partial charge in [-0.1, -0.05) is 6.07 Å². The van der Waals surface area contributed by atoms with Crippen molar-refractivity contribution in [1.82, 2.24) is 4.98 Å². The normalized spacial score (nSPS) is 19.6. The van der Waals surface area contributed by atoms with Crippen molar-refractivity contribution in [1.29, 1.82) is 0 Å². The van der Waals surface area contributed by atoms with Gasteiger partial charge in [0.2, 0.25) is 0 Å². The second kappa shape index (κ2) is 3.95. The molecule has 0 spiro atoms. The van der Waals surface area contributed by atoms with E-state index in [1.807, 2.05) is 4.90 Å². The van der Waals surface area contributed by atoms with Gasteiger partial charge >= 0.3 is 0 Å². The fourth-order valence-electron chi connectivity index (χ4n) is 2.17. The van der Waals surface area contributed by atoms with E-state index in [2.05, 4.69) is 4.98 Å². The summed E-state index contributed by atoms with van der Waals surface area (Å²) in [4.78, 5) is 16.6. The first-order valence-electron chi connectivity index (χ1n) is 5.69. The first kappa shape index (κ1) is 11.0. The minimum atomic E-state index is -0.454. The Kier molecular flexibility index (Phi) is 2.41. The molecule has 0 bridgehead atoms. The van der Waals surface area contributed by atoms with Crippen LogP contribution >= 0.6 is 0 Å². The monoisotopic (exact) mass is 248 g/mol. The SMILES string of the molecule is NC1CCN(c2nc3c([N+](=O)[O-])cccc3o2)C1. The van der Waals surface area contributed by atoms with E-state index in [1.54, 1.807) is 12.1 Å². The highest BCUT2D eigenvalue weighted by molar-refractivity contribution is 5.84. The maximum Gasteiger partial charge on any atom is 0.298 e. The first-order valence-corrected chi connectivity index (χ1v) is 5.69. The van der Waals surface area contributed by atoms with Gasteiger partial charge in [0.25, 0.3) is 11.7 Å². The number of non-ortho nitro benzene ring substituents is 1. The molecule has 1 saturated heterocycles. The molecule has 7 nitrogen and oxygen atoms in total. The van der Waals surface area contributed by atoms with Crippen molar-refractivity contribution in [2.24, 2.45) is 5.73 Å². The van der Waals surface area contributed by atoms with E-state index < -0.39 is 4.92 Å². The van der Waals surface area contributed by atoms with Gasteiger partial charge in [0, 0.05) is 25.2 Å². The van der Waals surface area contributed by atoms with Crippen LogP contribution in [0.4, 0.5) is 11.7 Å². The minimum absolute atomic E-state index is 0.0361. The number of nitro benzene ring substituents is 1. The van der Waals surface area contributed by atoms with Crippen LogP contribution in [0, 0.1) is 10.1 Å². The standard InChI is InChI=1S/C11H12N4O3/c12-7-4-5-14(6-7)11-13-10-8(15(16)17)2-1-3-9(10)18-11/h1-3,7H,4-6,12H2. The summed E-state index contributed by atoms with van der Waals surface area (Å²) in [7, 11) is 0. The lowest BCUT2D eigenvalue weighted by Crippen LogP contribution is -2.26. The molecular formula is C11H12N4O3. The number of para-hydroxylation sites is 1. The molecule has 0 saturated carbocycles. The molecule has 1 aliphatic rings. The van der Waals surface area contributed by atoms with E-state index >= 15 is 0 Å². The van der Waals surface area contributed by atoms with Gasteiger partial charge in [-0.2, -0.15) is 4.98 Å². The number of hydrogen-bond acceptors (Lipinski definition) is 6. The summed E-state index contributed by atoms with van der Waals surface area (Å²) in [6.07, 6.45) is 0.876. The molecule has 1 fully saturated rings. The van der Waals surface area contributed by atoms with E-state index in [0.29, 0.717) is 18.1 Å². The van der Waals surface area contributed by atoms with E-state index in [-0.39, 0.29) is 17.2 Å². The van der Waals surface area contributed by atoms with Gasteiger partial charge in [0.15, 0.2) is 11.1 Å². The lowest BCUT2D eigenvalue weighted by Gasteiger charge is -2.11. The summed E-state index contributed by atoms with van der Waals surface area (Å²) in [6.45, 7) is 1.43. The average Bonchev–Trinajstić information content (AvgIpc) is 2.93. The molecule has 18 heavy (non-hydrogen) atoms. The number of benzene rings is 1. The summed E-state index contributed by atoms with van der Waals surface area (Å²) in [5.74, 6) is 0. The number of nitro groups is 1. The van der Waals surface area contributed by atoms with Crippen LogP contribution in [0.2, 0.25) is 0 Å². The number of nitrogens with zero attached hydrogens (tertiary/aromatic N) is 3. The predicted octanol–water partition coefficient (Wildman–Crippen LogP) is 1.27. The third-order valence-corrected chi connectivity index (χ3v) is 3.08. The summed E-state index contributed by atoms with van der Waals surface area (Å²) in [6, 6.07) is 5.20. The van der Waals surface area contributed by atoms with Crippen LogP contribution in [0.15, 0.2) is 22.6 Å². The Hall–Kier alpha value is -2.15. The molecule has 2 N–H and O–H groups in total. The Morgan fingerprint density at radius 1 is 1.56 bits per heavy atom. The molecule has 0 aliphatic carbocycles. The number of anilines is 1. The second-order valence-electron chi connectivity index (χ2n) is 4.37. The smallest absolute Gasteiger partial charge is 0.298 e. The molecule has 7 heteroatoms. The van der Waals surface area contributed by atoms with Crippen molar-refractivity contribution in [3.05, 3.63) is 28.3 Å². The van der Waals surface area contributed by atoms with Gasteiger partial charge in [0.05, 0.1) is 4.92 Å². The summed E-state index contributed by atoms with van der Waals surface area (Å²) >= 11 is 0. The largest absolute Gasteiger partial charge is 0.423 e. The zero-order chi connectivity index (χ0) is 12.7. The van der Waals surface area contributed by atoms with Crippen LogP contribution in [-0.4, -0.2) is 29.0 Å². The summed E-state index contributed by atoms with van der Waals surface area (Å²) in [5.41, 5.74) is 6.50. The molecule has 94 valence electrons. The highest BCUT2D eigenvalue weighted by atomic mass is 16.6. The van der Waals surface area contributed by atoms with Crippen molar-refractivity contribution in [2.45, 2.75) is 12.5 Å². The fraction of sp³-hybridized carbons (Fsp3) is 0.364. The molecule has 2 heterocycles. The molecule has 1 atom stereocenters. The second-order valence-corrected chi connectivity index (χ2v) is 4.37. The number of aromatic nitrogens is 1. The highest BCUT2D eigenvalue weighted by Gasteiger charge is 2.25. The number of oxazole rings is 1. The molecule has 0 radical (unpaired) electrons. The van der Waals surface area contributed by atoms with E-state index in [4.69, 9.17) is 10.2 Å². The Balaban J connectivity index is 2.05. The maximum atomic E-state index is 10.9. The molecular weight excluding hydrogens is 236 g/mol. The third-order valence-electron chi connectivity index (χ3n) is 3.08. The van der Waals surface area contributed by atoms with Gasteiger partial charge in [-0.05, 0) is 12.5 Å². The van der Waals surface area contributed by atoms with Gasteiger partial charge in [-0.3, -0.25) is 10.1 Å². The Labute approximate surface area is 102 Å². The summed E-state index contributed by atoms with van der Waals surface area (Å²) < 4.78 is 5.55. The number of nitrogens with two attached hydrogens (primary N) is 1. The molecule has 1 unspecified atom stereocenters. The van der Waals surface area contributed by atoms with E-state index in [0.717, 1.165) is 13.0 Å². The number of rotatable bonds is 2. The maximum absolute atomic E-state index is 10.9. The fourth-order valence-corrected chi connectivity index (χ4v) is 2.17. The molecule has 0 amide bonds. The minimum Gasteiger partial charge on any atom is -0.423 e. The molecule has 3 rings (SSSR count). The lowest BCUT2D eigenvalue weighted by atomic mass is 10.3.